The van der Waals surface area contributed by atoms with Gasteiger partial charge in [0.2, 0.25) is 0 Å². The van der Waals surface area contributed by atoms with Crippen molar-refractivity contribution in [2.24, 2.45) is 35.5 Å². The topological polar surface area (TPSA) is 0 Å². The van der Waals surface area contributed by atoms with Crippen LogP contribution in [0.25, 0.3) is 0 Å². The van der Waals surface area contributed by atoms with Crippen molar-refractivity contribution in [3.05, 3.63) is 24.3 Å². The first-order chi connectivity index (χ1) is 14.3. The maximum atomic E-state index is 2.62. The zero-order valence-corrected chi connectivity index (χ0v) is 19.8. The third kappa shape index (κ3) is 7.91. The van der Waals surface area contributed by atoms with Crippen LogP contribution in [-0.2, 0) is 0 Å². The van der Waals surface area contributed by atoms with Crippen LogP contribution in [0.15, 0.2) is 24.3 Å². The second-order valence-corrected chi connectivity index (χ2v) is 10.9. The molecule has 3 aliphatic carbocycles. The van der Waals surface area contributed by atoms with Crippen molar-refractivity contribution in [1.82, 2.24) is 0 Å². The quantitative estimate of drug-likeness (QED) is 0.339. The van der Waals surface area contributed by atoms with E-state index in [0.717, 1.165) is 35.5 Å². The first-order valence-electron chi connectivity index (χ1n) is 13.6. The Morgan fingerprint density at radius 1 is 0.586 bits per heavy atom. The minimum atomic E-state index is 0.903. The Morgan fingerprint density at radius 3 is 1.59 bits per heavy atom. The van der Waals surface area contributed by atoms with Gasteiger partial charge in [-0.05, 0) is 107 Å². The Balaban J connectivity index is 1.24. The lowest BCUT2D eigenvalue weighted by molar-refractivity contribution is 0.154. The fraction of sp³-hybridized carbons (Fsp3) is 0.862. The highest BCUT2D eigenvalue weighted by Gasteiger charge is 2.29. The van der Waals surface area contributed by atoms with E-state index in [1.807, 2.05) is 0 Å². The van der Waals surface area contributed by atoms with Gasteiger partial charge in [-0.15, -0.1) is 0 Å². The summed E-state index contributed by atoms with van der Waals surface area (Å²) in [6.45, 7) is 4.54. The smallest absolute Gasteiger partial charge is 0.0233 e. The molecule has 0 heteroatoms. The van der Waals surface area contributed by atoms with E-state index in [1.165, 1.54) is 96.3 Å². The highest BCUT2D eigenvalue weighted by Crippen LogP contribution is 2.42. The standard InChI is InChI=1S/C29H50/c1-3-5-6-9-25-12-14-26(15-13-25)10-7-8-11-27-18-22-29(23-19-27)28-20-16-24(4-2)17-21-28/h3,5,8,11,24-29H,4,6-7,9-10,12-23H2,1-2H3. The molecule has 0 nitrogen and oxygen atoms in total. The molecule has 3 aliphatic rings. The Hall–Kier alpha value is -0.520. The zero-order chi connectivity index (χ0) is 20.3. The summed E-state index contributed by atoms with van der Waals surface area (Å²) in [5.41, 5.74) is 0. The van der Waals surface area contributed by atoms with Crippen LogP contribution in [0.3, 0.4) is 0 Å². The van der Waals surface area contributed by atoms with Crippen molar-refractivity contribution in [1.29, 1.82) is 0 Å². The van der Waals surface area contributed by atoms with Crippen LogP contribution in [0.4, 0.5) is 0 Å². The number of hydrogen-bond acceptors (Lipinski definition) is 0. The maximum Gasteiger partial charge on any atom is -0.0233 e. The van der Waals surface area contributed by atoms with Crippen LogP contribution in [0.1, 0.15) is 123 Å². The van der Waals surface area contributed by atoms with Gasteiger partial charge >= 0.3 is 0 Å². The third-order valence-corrected chi connectivity index (χ3v) is 9.05. The molecule has 0 saturated heterocycles. The van der Waals surface area contributed by atoms with Gasteiger partial charge < -0.3 is 0 Å². The summed E-state index contributed by atoms with van der Waals surface area (Å²) in [6, 6.07) is 0. The summed E-state index contributed by atoms with van der Waals surface area (Å²) in [7, 11) is 0. The largest absolute Gasteiger partial charge is 0.0917 e. The molecule has 0 aliphatic heterocycles. The second kappa shape index (κ2) is 13.0. The van der Waals surface area contributed by atoms with Gasteiger partial charge in [-0.1, -0.05) is 76.2 Å². The van der Waals surface area contributed by atoms with Crippen molar-refractivity contribution in [2.75, 3.05) is 0 Å². The van der Waals surface area contributed by atoms with E-state index in [4.69, 9.17) is 0 Å². The molecule has 0 unspecified atom stereocenters. The van der Waals surface area contributed by atoms with Gasteiger partial charge in [-0.25, -0.2) is 0 Å². The fourth-order valence-corrected chi connectivity index (χ4v) is 6.80. The lowest BCUT2D eigenvalue weighted by Gasteiger charge is -2.37. The van der Waals surface area contributed by atoms with E-state index in [9.17, 15) is 0 Å². The minimum Gasteiger partial charge on any atom is -0.0917 e. The van der Waals surface area contributed by atoms with E-state index in [0.29, 0.717) is 0 Å². The van der Waals surface area contributed by atoms with E-state index in [2.05, 4.69) is 38.2 Å². The first kappa shape index (κ1) is 23.1. The second-order valence-electron chi connectivity index (χ2n) is 10.9. The predicted molar refractivity (Wildman–Crippen MR) is 129 cm³/mol. The van der Waals surface area contributed by atoms with Crippen LogP contribution in [0.2, 0.25) is 0 Å². The zero-order valence-electron chi connectivity index (χ0n) is 19.8. The summed E-state index contributed by atoms with van der Waals surface area (Å²) < 4.78 is 0. The van der Waals surface area contributed by atoms with Gasteiger partial charge in [-0.3, -0.25) is 0 Å². The van der Waals surface area contributed by atoms with Crippen LogP contribution >= 0.6 is 0 Å². The molecule has 0 N–H and O–H groups in total. The molecule has 0 aromatic carbocycles. The first-order valence-corrected chi connectivity index (χ1v) is 13.6. The SMILES string of the molecule is CC=CCCC1CCC(CCC=CC2CCC(C3CCC(CC)CC3)CC2)CC1. The molecule has 3 rings (SSSR count). The van der Waals surface area contributed by atoms with Gasteiger partial charge in [0.05, 0.1) is 0 Å². The van der Waals surface area contributed by atoms with Crippen LogP contribution in [0.5, 0.6) is 0 Å². The van der Waals surface area contributed by atoms with Crippen LogP contribution < -0.4 is 0 Å². The van der Waals surface area contributed by atoms with Crippen molar-refractivity contribution in [3.8, 4) is 0 Å². The fourth-order valence-electron chi connectivity index (χ4n) is 6.80. The molecular formula is C29H50. The molecule has 0 bridgehead atoms. The molecule has 29 heavy (non-hydrogen) atoms. The van der Waals surface area contributed by atoms with Crippen molar-refractivity contribution >= 4 is 0 Å². The average molecular weight is 399 g/mol. The monoisotopic (exact) mass is 398 g/mol. The molecule has 0 amide bonds. The molecule has 0 radical (unpaired) electrons. The van der Waals surface area contributed by atoms with E-state index in [1.54, 1.807) is 12.8 Å². The summed E-state index contributed by atoms with van der Waals surface area (Å²) in [4.78, 5) is 0. The van der Waals surface area contributed by atoms with E-state index in [-0.39, 0.29) is 0 Å². The lowest BCUT2D eigenvalue weighted by Crippen LogP contribution is -2.25. The molecule has 0 aromatic heterocycles. The summed E-state index contributed by atoms with van der Waals surface area (Å²) >= 11 is 0. The number of hydrogen-bond donors (Lipinski definition) is 0. The molecule has 0 aromatic rings. The average Bonchev–Trinajstić information content (AvgIpc) is 2.78. The van der Waals surface area contributed by atoms with Gasteiger partial charge in [0.25, 0.3) is 0 Å². The molecule has 0 spiro atoms. The Morgan fingerprint density at radius 2 is 1.07 bits per heavy atom. The molecule has 0 atom stereocenters. The normalized spacial score (nSPS) is 36.8. The summed E-state index contributed by atoms with van der Waals surface area (Å²) in [6.07, 6.45) is 34.8. The molecule has 0 heterocycles. The summed E-state index contributed by atoms with van der Waals surface area (Å²) in [5, 5.41) is 0. The minimum absolute atomic E-state index is 0.903. The molecule has 3 fully saturated rings. The van der Waals surface area contributed by atoms with E-state index < -0.39 is 0 Å². The molecular weight excluding hydrogens is 348 g/mol. The van der Waals surface area contributed by atoms with Crippen LogP contribution in [0, 0.1) is 35.5 Å². The van der Waals surface area contributed by atoms with Crippen molar-refractivity contribution in [2.45, 2.75) is 123 Å². The molecule has 3 saturated carbocycles. The van der Waals surface area contributed by atoms with E-state index >= 15 is 0 Å². The van der Waals surface area contributed by atoms with Gasteiger partial charge in [0, 0.05) is 0 Å². The third-order valence-electron chi connectivity index (χ3n) is 9.05. The van der Waals surface area contributed by atoms with Gasteiger partial charge in [-0.2, -0.15) is 0 Å². The van der Waals surface area contributed by atoms with Crippen molar-refractivity contribution < 1.29 is 0 Å². The lowest BCUT2D eigenvalue weighted by atomic mass is 9.69. The maximum absolute atomic E-state index is 2.62. The molecule has 166 valence electrons. The van der Waals surface area contributed by atoms with Crippen molar-refractivity contribution in [3.63, 3.8) is 0 Å². The van der Waals surface area contributed by atoms with Gasteiger partial charge in [0.1, 0.15) is 0 Å². The Labute approximate surface area is 183 Å². The highest BCUT2D eigenvalue weighted by atomic mass is 14.3. The van der Waals surface area contributed by atoms with Gasteiger partial charge in [0.15, 0.2) is 0 Å². The Kier molecular flexibility index (Phi) is 10.4. The highest BCUT2D eigenvalue weighted by molar-refractivity contribution is 4.93. The van der Waals surface area contributed by atoms with Crippen LogP contribution in [-0.4, -0.2) is 0 Å². The Bertz CT molecular complexity index is 462. The number of allylic oxidation sites excluding steroid dienone is 4. The predicted octanol–water partition coefficient (Wildman–Crippen LogP) is 9.51. The summed E-state index contributed by atoms with van der Waals surface area (Å²) in [5.74, 6) is 6.15. The number of rotatable bonds is 9.